The predicted octanol–water partition coefficient (Wildman–Crippen LogP) is 3.85. The molecule has 120 valence electrons. The molecule has 1 aromatic carbocycles. The zero-order valence-corrected chi connectivity index (χ0v) is 13.0. The number of amides is 1. The van der Waals surface area contributed by atoms with Crippen molar-refractivity contribution in [3.8, 4) is 0 Å². The topological polar surface area (TPSA) is 45.2 Å². The number of benzene rings is 1. The van der Waals surface area contributed by atoms with Crippen LogP contribution in [0.4, 0.5) is 15.8 Å². The van der Waals surface area contributed by atoms with E-state index >= 15 is 0 Å². The lowest BCUT2D eigenvalue weighted by Crippen LogP contribution is -2.24. The van der Waals surface area contributed by atoms with Crippen LogP contribution in [0.25, 0.3) is 0 Å². The number of rotatable bonds is 3. The van der Waals surface area contributed by atoms with E-state index < -0.39 is 11.7 Å². The van der Waals surface area contributed by atoms with Crippen LogP contribution in [0.3, 0.4) is 0 Å². The Labute approximate surface area is 135 Å². The van der Waals surface area contributed by atoms with Crippen molar-refractivity contribution in [1.82, 2.24) is 4.98 Å². The number of nitrogens with zero attached hydrogens (tertiary/aromatic N) is 2. The number of carbonyl (C=O) groups excluding carboxylic acids is 1. The zero-order valence-electron chi connectivity index (χ0n) is 13.0. The number of hydrogen-bond donors (Lipinski definition) is 1. The molecule has 0 spiro atoms. The summed E-state index contributed by atoms with van der Waals surface area (Å²) in [5.74, 6) is -0.851. The highest BCUT2D eigenvalue weighted by atomic mass is 19.1. The Balaban J connectivity index is 1.76. The first-order valence-corrected chi connectivity index (χ1v) is 8.01. The molecular weight excluding hydrogens is 293 g/mol. The summed E-state index contributed by atoms with van der Waals surface area (Å²) in [6.45, 7) is 2.00. The van der Waals surface area contributed by atoms with Crippen LogP contribution in [0.1, 0.15) is 36.2 Å². The molecule has 1 N–H and O–H groups in total. The highest BCUT2D eigenvalue weighted by Crippen LogP contribution is 2.20. The monoisotopic (exact) mass is 313 g/mol. The molecule has 1 aliphatic rings. The third-order valence-corrected chi connectivity index (χ3v) is 4.07. The van der Waals surface area contributed by atoms with E-state index in [2.05, 4.69) is 15.2 Å². The molecule has 1 aromatic heterocycles. The summed E-state index contributed by atoms with van der Waals surface area (Å²) < 4.78 is 13.6. The molecule has 0 radical (unpaired) electrons. The smallest absolute Gasteiger partial charge is 0.274 e. The minimum Gasteiger partial charge on any atom is -0.371 e. The molecule has 5 heteroatoms. The second kappa shape index (κ2) is 7.22. The molecular formula is C18H20FN3O. The second-order valence-electron chi connectivity index (χ2n) is 5.73. The highest BCUT2D eigenvalue weighted by molar-refractivity contribution is 6.03. The standard InChI is InChI=1S/C18H20FN3O/c19-15-7-3-4-8-16(15)21-18(23)17-13-14(9-10-20-17)22-11-5-1-2-6-12-22/h3-4,7-10,13H,1-2,5-6,11-12H2,(H,21,23). The number of halogens is 1. The average Bonchev–Trinajstić information content (AvgIpc) is 2.86. The lowest BCUT2D eigenvalue weighted by atomic mass is 10.2. The number of hydrogen-bond acceptors (Lipinski definition) is 3. The molecule has 1 fully saturated rings. The van der Waals surface area contributed by atoms with E-state index in [4.69, 9.17) is 0 Å². The minimum absolute atomic E-state index is 0.166. The van der Waals surface area contributed by atoms with E-state index in [9.17, 15) is 9.18 Å². The third kappa shape index (κ3) is 3.86. The molecule has 2 aromatic rings. The van der Waals surface area contributed by atoms with Gasteiger partial charge in [-0.05, 0) is 37.1 Å². The molecule has 0 atom stereocenters. The molecule has 1 amide bonds. The van der Waals surface area contributed by atoms with Crippen molar-refractivity contribution in [1.29, 1.82) is 0 Å². The van der Waals surface area contributed by atoms with E-state index in [0.717, 1.165) is 18.8 Å². The first kappa shape index (κ1) is 15.5. The van der Waals surface area contributed by atoms with Gasteiger partial charge in [-0.2, -0.15) is 0 Å². The van der Waals surface area contributed by atoms with Crippen molar-refractivity contribution in [3.05, 3.63) is 54.1 Å². The van der Waals surface area contributed by atoms with Gasteiger partial charge >= 0.3 is 0 Å². The fourth-order valence-corrected chi connectivity index (χ4v) is 2.82. The van der Waals surface area contributed by atoms with Crippen LogP contribution in [-0.2, 0) is 0 Å². The van der Waals surface area contributed by atoms with Gasteiger partial charge in [0.05, 0.1) is 5.69 Å². The summed E-state index contributed by atoms with van der Waals surface area (Å²) in [5.41, 5.74) is 1.47. The fourth-order valence-electron chi connectivity index (χ4n) is 2.82. The molecule has 0 aliphatic carbocycles. The van der Waals surface area contributed by atoms with Gasteiger partial charge in [-0.3, -0.25) is 9.78 Å². The van der Waals surface area contributed by atoms with Gasteiger partial charge < -0.3 is 10.2 Å². The van der Waals surface area contributed by atoms with Gasteiger partial charge in [0, 0.05) is 25.0 Å². The van der Waals surface area contributed by atoms with E-state index in [1.54, 1.807) is 24.4 Å². The van der Waals surface area contributed by atoms with Gasteiger partial charge in [-0.1, -0.05) is 25.0 Å². The largest absolute Gasteiger partial charge is 0.371 e. The molecule has 0 saturated carbocycles. The average molecular weight is 313 g/mol. The lowest BCUT2D eigenvalue weighted by Gasteiger charge is -2.22. The van der Waals surface area contributed by atoms with Crippen LogP contribution in [-0.4, -0.2) is 24.0 Å². The van der Waals surface area contributed by atoms with E-state index in [1.807, 2.05) is 6.07 Å². The van der Waals surface area contributed by atoms with Crippen LogP contribution in [0.2, 0.25) is 0 Å². The van der Waals surface area contributed by atoms with Crippen molar-refractivity contribution < 1.29 is 9.18 Å². The molecule has 2 heterocycles. The Kier molecular flexibility index (Phi) is 4.86. The molecule has 3 rings (SSSR count). The Bertz CT molecular complexity index is 681. The normalized spacial score (nSPS) is 15.1. The van der Waals surface area contributed by atoms with Crippen LogP contribution in [0, 0.1) is 5.82 Å². The van der Waals surface area contributed by atoms with Gasteiger partial charge in [0.2, 0.25) is 0 Å². The van der Waals surface area contributed by atoms with E-state index in [1.165, 1.54) is 37.8 Å². The van der Waals surface area contributed by atoms with Crippen LogP contribution in [0.15, 0.2) is 42.6 Å². The van der Waals surface area contributed by atoms with Gasteiger partial charge in [0.15, 0.2) is 0 Å². The molecule has 23 heavy (non-hydrogen) atoms. The number of nitrogens with one attached hydrogen (secondary N) is 1. The first-order chi connectivity index (χ1) is 11.2. The number of anilines is 2. The zero-order chi connectivity index (χ0) is 16.1. The first-order valence-electron chi connectivity index (χ1n) is 8.01. The van der Waals surface area contributed by atoms with Crippen molar-refractivity contribution in [2.75, 3.05) is 23.3 Å². The van der Waals surface area contributed by atoms with Crippen molar-refractivity contribution >= 4 is 17.3 Å². The Morgan fingerprint density at radius 3 is 2.57 bits per heavy atom. The van der Waals surface area contributed by atoms with Crippen LogP contribution in [0.5, 0.6) is 0 Å². The summed E-state index contributed by atoms with van der Waals surface area (Å²) in [6.07, 6.45) is 6.47. The highest BCUT2D eigenvalue weighted by Gasteiger charge is 2.14. The maximum absolute atomic E-state index is 13.6. The Hall–Kier alpha value is -2.43. The van der Waals surface area contributed by atoms with Crippen LogP contribution >= 0.6 is 0 Å². The summed E-state index contributed by atoms with van der Waals surface area (Å²) >= 11 is 0. The predicted molar refractivity (Wildman–Crippen MR) is 89.3 cm³/mol. The molecule has 1 aliphatic heterocycles. The maximum Gasteiger partial charge on any atom is 0.274 e. The van der Waals surface area contributed by atoms with Crippen molar-refractivity contribution in [3.63, 3.8) is 0 Å². The van der Waals surface area contributed by atoms with E-state index in [0.29, 0.717) is 5.69 Å². The SMILES string of the molecule is O=C(Nc1ccccc1F)c1cc(N2CCCCCC2)ccn1. The molecule has 4 nitrogen and oxygen atoms in total. The summed E-state index contributed by atoms with van der Waals surface area (Å²) in [5, 5.41) is 2.57. The number of aromatic nitrogens is 1. The lowest BCUT2D eigenvalue weighted by molar-refractivity contribution is 0.102. The summed E-state index contributed by atoms with van der Waals surface area (Å²) in [4.78, 5) is 18.7. The van der Waals surface area contributed by atoms with Gasteiger partial charge in [-0.15, -0.1) is 0 Å². The number of para-hydroxylation sites is 1. The third-order valence-electron chi connectivity index (χ3n) is 4.07. The fraction of sp³-hybridized carbons (Fsp3) is 0.333. The van der Waals surface area contributed by atoms with Gasteiger partial charge in [0.25, 0.3) is 5.91 Å². The van der Waals surface area contributed by atoms with E-state index in [-0.39, 0.29) is 5.69 Å². The molecule has 1 saturated heterocycles. The summed E-state index contributed by atoms with van der Waals surface area (Å²) in [7, 11) is 0. The summed E-state index contributed by atoms with van der Waals surface area (Å²) in [6, 6.07) is 9.82. The number of carbonyl (C=O) groups is 1. The maximum atomic E-state index is 13.6. The number of pyridine rings is 1. The molecule has 0 bridgehead atoms. The quantitative estimate of drug-likeness (QED) is 0.936. The van der Waals surface area contributed by atoms with Crippen molar-refractivity contribution in [2.45, 2.75) is 25.7 Å². The van der Waals surface area contributed by atoms with Gasteiger partial charge in [0.1, 0.15) is 11.5 Å². The molecule has 0 unspecified atom stereocenters. The van der Waals surface area contributed by atoms with Crippen LogP contribution < -0.4 is 10.2 Å². The van der Waals surface area contributed by atoms with Gasteiger partial charge in [-0.25, -0.2) is 4.39 Å². The Morgan fingerprint density at radius 2 is 1.83 bits per heavy atom. The Morgan fingerprint density at radius 1 is 1.09 bits per heavy atom. The second-order valence-corrected chi connectivity index (χ2v) is 5.73. The minimum atomic E-state index is -0.454. The van der Waals surface area contributed by atoms with Crippen molar-refractivity contribution in [2.24, 2.45) is 0 Å².